The molecule has 0 amide bonds. The molecule has 0 aliphatic carbocycles. The first kappa shape index (κ1) is 18.7. The number of nitrogen functional groups attached to an aromatic ring is 1. The van der Waals surface area contributed by atoms with Crippen LogP contribution in [0.1, 0.15) is 35.8 Å². The van der Waals surface area contributed by atoms with Gasteiger partial charge in [-0.1, -0.05) is 36.4 Å². The Morgan fingerprint density at radius 1 is 1.40 bits per heavy atom. The van der Waals surface area contributed by atoms with Crippen molar-refractivity contribution in [1.29, 1.82) is 0 Å². The highest BCUT2D eigenvalue weighted by atomic mass is 35.5. The molecule has 0 unspecified atom stereocenters. The smallest absolute Gasteiger partial charge is 0.358 e. The van der Waals surface area contributed by atoms with Crippen LogP contribution in [0.2, 0.25) is 5.02 Å². The predicted octanol–water partition coefficient (Wildman–Crippen LogP) is 4.20. The molecule has 0 fully saturated rings. The minimum atomic E-state index is -0.943. The third-order valence-corrected chi connectivity index (χ3v) is 3.71. The molecular weight excluding hydrogens is 350 g/mol. The summed E-state index contributed by atoms with van der Waals surface area (Å²) in [4.78, 5) is 15.6. The van der Waals surface area contributed by atoms with Crippen LogP contribution in [0, 0.1) is 23.5 Å². The SMILES string of the molecule is CCCC#Cc1ccc(-c2nc(C(=O)OC)c(Cl)c(N)c2F)cc1F. The van der Waals surface area contributed by atoms with E-state index in [4.69, 9.17) is 17.3 Å². The van der Waals surface area contributed by atoms with Crippen molar-refractivity contribution in [3.63, 3.8) is 0 Å². The molecule has 2 rings (SSSR count). The average Bonchev–Trinajstić information content (AvgIpc) is 2.61. The van der Waals surface area contributed by atoms with Gasteiger partial charge in [-0.2, -0.15) is 0 Å². The maximum atomic E-state index is 14.4. The van der Waals surface area contributed by atoms with Gasteiger partial charge in [0.2, 0.25) is 0 Å². The van der Waals surface area contributed by atoms with Crippen LogP contribution in [0.3, 0.4) is 0 Å². The largest absolute Gasteiger partial charge is 0.464 e. The standard InChI is InChI=1S/C18H15ClF2N2O2/c1-3-4-5-6-10-7-8-11(9-12(10)20)16-14(21)15(22)13(19)17(23-16)18(24)25-2/h7-9H,3-4H2,1-2H3,(H2,22,23). The zero-order valence-electron chi connectivity index (χ0n) is 13.6. The lowest BCUT2D eigenvalue weighted by Crippen LogP contribution is -2.10. The number of nitrogens with zero attached hydrogens (tertiary/aromatic N) is 1. The second-order valence-corrected chi connectivity index (χ2v) is 5.47. The van der Waals surface area contributed by atoms with Gasteiger partial charge in [-0.15, -0.1) is 0 Å². The number of hydrogen-bond donors (Lipinski definition) is 1. The summed E-state index contributed by atoms with van der Waals surface area (Å²) in [5.74, 6) is 3.09. The number of benzene rings is 1. The number of pyridine rings is 1. The number of hydrogen-bond acceptors (Lipinski definition) is 4. The lowest BCUT2D eigenvalue weighted by molar-refractivity contribution is 0.0594. The van der Waals surface area contributed by atoms with Crippen molar-refractivity contribution in [2.45, 2.75) is 19.8 Å². The predicted molar refractivity (Wildman–Crippen MR) is 92.1 cm³/mol. The minimum Gasteiger partial charge on any atom is -0.464 e. The number of esters is 1. The fourth-order valence-corrected chi connectivity index (χ4v) is 2.23. The Kier molecular flexibility index (Phi) is 5.94. The number of methoxy groups -OCH3 is 1. The van der Waals surface area contributed by atoms with Crippen LogP contribution in [-0.4, -0.2) is 18.1 Å². The highest BCUT2D eigenvalue weighted by molar-refractivity contribution is 6.35. The summed E-state index contributed by atoms with van der Waals surface area (Å²) in [7, 11) is 1.13. The van der Waals surface area contributed by atoms with E-state index in [-0.39, 0.29) is 27.5 Å². The molecule has 1 heterocycles. The molecule has 0 saturated carbocycles. The zero-order chi connectivity index (χ0) is 18.6. The quantitative estimate of drug-likeness (QED) is 0.654. The number of rotatable bonds is 3. The first-order chi connectivity index (χ1) is 11.9. The van der Waals surface area contributed by atoms with Crippen molar-refractivity contribution in [2.24, 2.45) is 0 Å². The number of unbranched alkanes of at least 4 members (excludes halogenated alkanes) is 1. The van der Waals surface area contributed by atoms with Crippen molar-refractivity contribution in [2.75, 3.05) is 12.8 Å². The monoisotopic (exact) mass is 364 g/mol. The molecule has 4 nitrogen and oxygen atoms in total. The van der Waals surface area contributed by atoms with Crippen LogP contribution in [0.15, 0.2) is 18.2 Å². The van der Waals surface area contributed by atoms with Gasteiger partial charge in [0.15, 0.2) is 11.5 Å². The molecule has 0 radical (unpaired) electrons. The first-order valence-corrected chi connectivity index (χ1v) is 7.80. The second kappa shape index (κ2) is 7.95. The van der Waals surface area contributed by atoms with Gasteiger partial charge in [0, 0.05) is 12.0 Å². The number of anilines is 1. The Balaban J connectivity index is 2.55. The number of carbonyl (C=O) groups is 1. The molecule has 7 heteroatoms. The number of nitrogens with two attached hydrogens (primary N) is 1. The van der Waals surface area contributed by atoms with Crippen LogP contribution in [-0.2, 0) is 4.74 Å². The van der Waals surface area contributed by atoms with Crippen molar-refractivity contribution < 1.29 is 18.3 Å². The maximum absolute atomic E-state index is 14.4. The van der Waals surface area contributed by atoms with Crippen molar-refractivity contribution in [3.05, 3.63) is 46.1 Å². The summed E-state index contributed by atoms with van der Waals surface area (Å²) in [6, 6.07) is 3.94. The molecule has 0 aliphatic heterocycles. The van der Waals surface area contributed by atoms with Gasteiger partial charge in [0.1, 0.15) is 11.5 Å². The lowest BCUT2D eigenvalue weighted by Gasteiger charge is -2.10. The molecule has 2 N–H and O–H groups in total. The molecule has 130 valence electrons. The molecule has 0 aliphatic rings. The molecule has 1 aromatic carbocycles. The molecule has 0 saturated heterocycles. The molecule has 0 atom stereocenters. The molecular formula is C18H15ClF2N2O2. The summed E-state index contributed by atoms with van der Waals surface area (Å²) in [6.45, 7) is 1.96. The summed E-state index contributed by atoms with van der Waals surface area (Å²) in [5.41, 5.74) is 4.78. The van der Waals surface area contributed by atoms with Gasteiger partial charge in [-0.05, 0) is 18.6 Å². The fraction of sp³-hybridized carbons (Fsp3) is 0.222. The van der Waals surface area contributed by atoms with E-state index in [2.05, 4.69) is 21.6 Å². The summed E-state index contributed by atoms with van der Waals surface area (Å²) in [5, 5.41) is -0.351. The van der Waals surface area contributed by atoms with Crippen LogP contribution < -0.4 is 5.73 Å². The molecule has 0 spiro atoms. The molecule has 0 bridgehead atoms. The lowest BCUT2D eigenvalue weighted by atomic mass is 10.1. The molecule has 2 aromatic rings. The van der Waals surface area contributed by atoms with Crippen LogP contribution in [0.4, 0.5) is 14.5 Å². The Morgan fingerprint density at radius 2 is 2.12 bits per heavy atom. The molecule has 25 heavy (non-hydrogen) atoms. The Morgan fingerprint density at radius 3 is 2.72 bits per heavy atom. The van der Waals surface area contributed by atoms with E-state index in [9.17, 15) is 13.6 Å². The van der Waals surface area contributed by atoms with Gasteiger partial charge >= 0.3 is 5.97 Å². The number of ether oxygens (including phenoxy) is 1. The highest BCUT2D eigenvalue weighted by Crippen LogP contribution is 2.32. The van der Waals surface area contributed by atoms with E-state index < -0.39 is 23.3 Å². The number of aromatic nitrogens is 1. The Labute approximate surface area is 149 Å². The van der Waals surface area contributed by atoms with Crippen LogP contribution in [0.25, 0.3) is 11.3 Å². The van der Waals surface area contributed by atoms with Gasteiger partial charge in [0.05, 0.1) is 23.4 Å². The van der Waals surface area contributed by atoms with E-state index in [1.54, 1.807) is 0 Å². The maximum Gasteiger partial charge on any atom is 0.358 e. The summed E-state index contributed by atoms with van der Waals surface area (Å²) >= 11 is 5.84. The average molecular weight is 365 g/mol. The number of carbonyl (C=O) groups excluding carboxylic acids is 1. The van der Waals surface area contributed by atoms with Gasteiger partial charge in [-0.25, -0.2) is 18.6 Å². The van der Waals surface area contributed by atoms with Crippen molar-refractivity contribution in [3.8, 4) is 23.1 Å². The van der Waals surface area contributed by atoms with E-state index >= 15 is 0 Å². The molecule has 1 aromatic heterocycles. The van der Waals surface area contributed by atoms with Crippen molar-refractivity contribution >= 4 is 23.3 Å². The van der Waals surface area contributed by atoms with Crippen LogP contribution in [0.5, 0.6) is 0 Å². The van der Waals surface area contributed by atoms with Gasteiger partial charge in [0.25, 0.3) is 0 Å². The topological polar surface area (TPSA) is 65.2 Å². The van der Waals surface area contributed by atoms with Gasteiger partial charge < -0.3 is 10.5 Å². The highest BCUT2D eigenvalue weighted by Gasteiger charge is 2.23. The van der Waals surface area contributed by atoms with E-state index in [0.29, 0.717) is 6.42 Å². The third kappa shape index (κ3) is 3.89. The minimum absolute atomic E-state index is 0.101. The van der Waals surface area contributed by atoms with E-state index in [0.717, 1.165) is 19.6 Å². The second-order valence-electron chi connectivity index (χ2n) is 5.09. The third-order valence-electron chi connectivity index (χ3n) is 3.33. The Hall–Kier alpha value is -2.65. The normalized spacial score (nSPS) is 10.1. The van der Waals surface area contributed by atoms with Crippen molar-refractivity contribution in [1.82, 2.24) is 4.98 Å². The fourth-order valence-electron chi connectivity index (χ4n) is 2.03. The van der Waals surface area contributed by atoms with E-state index in [1.165, 1.54) is 12.1 Å². The van der Waals surface area contributed by atoms with E-state index in [1.807, 2.05) is 6.92 Å². The summed E-state index contributed by atoms with van der Waals surface area (Å²) < 4.78 is 33.1. The Bertz CT molecular complexity index is 889. The van der Waals surface area contributed by atoms with Gasteiger partial charge in [-0.3, -0.25) is 0 Å². The zero-order valence-corrected chi connectivity index (χ0v) is 14.4. The number of halogens is 3. The first-order valence-electron chi connectivity index (χ1n) is 7.42. The van der Waals surface area contributed by atoms with Crippen LogP contribution >= 0.6 is 11.6 Å². The summed E-state index contributed by atoms with van der Waals surface area (Å²) in [6.07, 6.45) is 1.51.